The number of aromatic nitrogens is 4. The number of carbonyl (C=O) groups is 1. The quantitative estimate of drug-likeness (QED) is 0.755. The first-order chi connectivity index (χ1) is 9.97. The fourth-order valence-electron chi connectivity index (χ4n) is 2.16. The molecule has 1 atom stereocenters. The summed E-state index contributed by atoms with van der Waals surface area (Å²) in [5, 5.41) is 21.0. The van der Waals surface area contributed by atoms with E-state index in [0.717, 1.165) is 9.13 Å². The van der Waals surface area contributed by atoms with Crippen molar-refractivity contribution in [2.24, 2.45) is 11.8 Å². The van der Waals surface area contributed by atoms with Gasteiger partial charge in [0.2, 0.25) is 0 Å². The van der Waals surface area contributed by atoms with Crippen molar-refractivity contribution in [3.63, 3.8) is 0 Å². The molecule has 1 aromatic carbocycles. The maximum absolute atomic E-state index is 11.4. The number of carboxylic acid groups (broad SMARTS) is 1. The van der Waals surface area contributed by atoms with Gasteiger partial charge < -0.3 is 5.11 Å². The van der Waals surface area contributed by atoms with Crippen molar-refractivity contribution in [3.8, 4) is 11.4 Å². The van der Waals surface area contributed by atoms with Crippen molar-refractivity contribution in [2.45, 2.75) is 26.8 Å². The third-order valence-electron chi connectivity index (χ3n) is 3.13. The van der Waals surface area contributed by atoms with Crippen LogP contribution >= 0.6 is 22.6 Å². The summed E-state index contributed by atoms with van der Waals surface area (Å²) in [6, 6.07) is 7.81. The molecule has 0 aliphatic heterocycles. The molecule has 0 fully saturated rings. The van der Waals surface area contributed by atoms with Gasteiger partial charge >= 0.3 is 5.97 Å². The van der Waals surface area contributed by atoms with E-state index in [0.29, 0.717) is 18.2 Å². The second-order valence-electron chi connectivity index (χ2n) is 5.36. The Hall–Kier alpha value is -1.51. The molecule has 112 valence electrons. The Morgan fingerprint density at radius 2 is 2.00 bits per heavy atom. The Morgan fingerprint density at radius 1 is 1.33 bits per heavy atom. The van der Waals surface area contributed by atoms with Crippen LogP contribution in [0, 0.1) is 15.4 Å². The van der Waals surface area contributed by atoms with Gasteiger partial charge in [-0.05, 0) is 57.5 Å². The van der Waals surface area contributed by atoms with Crippen LogP contribution in [0.25, 0.3) is 11.4 Å². The second kappa shape index (κ2) is 6.97. The minimum atomic E-state index is -0.812. The highest BCUT2D eigenvalue weighted by Gasteiger charge is 2.22. The van der Waals surface area contributed by atoms with Gasteiger partial charge in [0.1, 0.15) is 0 Å². The van der Waals surface area contributed by atoms with Gasteiger partial charge in [0.25, 0.3) is 0 Å². The number of hydrogen-bond acceptors (Lipinski definition) is 4. The number of aliphatic carboxylic acids is 1. The average Bonchev–Trinajstić information content (AvgIpc) is 2.86. The van der Waals surface area contributed by atoms with Crippen molar-refractivity contribution in [3.05, 3.63) is 27.8 Å². The molecule has 2 rings (SSSR count). The van der Waals surface area contributed by atoms with E-state index in [1.165, 1.54) is 0 Å². The predicted molar refractivity (Wildman–Crippen MR) is 86.6 cm³/mol. The highest BCUT2D eigenvalue weighted by atomic mass is 127. The molecular formula is C14H17IN4O2. The molecule has 1 unspecified atom stereocenters. The van der Waals surface area contributed by atoms with Crippen LogP contribution in [-0.2, 0) is 11.3 Å². The molecule has 0 amide bonds. The topological polar surface area (TPSA) is 80.9 Å². The molecule has 1 aromatic heterocycles. The van der Waals surface area contributed by atoms with Gasteiger partial charge in [0.15, 0.2) is 5.82 Å². The lowest BCUT2D eigenvalue weighted by Gasteiger charge is -2.15. The number of halogens is 1. The molecular weight excluding hydrogens is 383 g/mol. The van der Waals surface area contributed by atoms with E-state index in [4.69, 9.17) is 0 Å². The highest BCUT2D eigenvalue weighted by Crippen LogP contribution is 2.20. The van der Waals surface area contributed by atoms with Crippen LogP contribution in [0.15, 0.2) is 24.3 Å². The molecule has 0 aliphatic rings. The molecule has 0 radical (unpaired) electrons. The van der Waals surface area contributed by atoms with Crippen LogP contribution in [0.4, 0.5) is 0 Å². The van der Waals surface area contributed by atoms with Crippen molar-refractivity contribution >= 4 is 28.6 Å². The molecule has 1 heterocycles. The average molecular weight is 400 g/mol. The summed E-state index contributed by atoms with van der Waals surface area (Å²) in [5.41, 5.74) is 0.883. The van der Waals surface area contributed by atoms with Crippen molar-refractivity contribution in [2.75, 3.05) is 0 Å². The monoisotopic (exact) mass is 400 g/mol. The minimum Gasteiger partial charge on any atom is -0.481 e. The lowest BCUT2D eigenvalue weighted by Crippen LogP contribution is -2.23. The largest absolute Gasteiger partial charge is 0.481 e. The Morgan fingerprint density at radius 3 is 2.57 bits per heavy atom. The zero-order chi connectivity index (χ0) is 15.4. The highest BCUT2D eigenvalue weighted by molar-refractivity contribution is 14.1. The molecule has 0 saturated carbocycles. The van der Waals surface area contributed by atoms with Crippen LogP contribution < -0.4 is 0 Å². The summed E-state index contributed by atoms with van der Waals surface area (Å²) >= 11 is 2.23. The van der Waals surface area contributed by atoms with Gasteiger partial charge in [0, 0.05) is 9.13 Å². The summed E-state index contributed by atoms with van der Waals surface area (Å²) in [5.74, 6) is -0.394. The standard InChI is InChI=1S/C14H17IN4O2/c1-9(2)7-11(14(20)21)8-19-13(16-17-18-19)10-3-5-12(15)6-4-10/h3-6,9,11H,7-8H2,1-2H3,(H,20,21). The van der Waals surface area contributed by atoms with Gasteiger partial charge in [-0.15, -0.1) is 5.10 Å². The van der Waals surface area contributed by atoms with E-state index >= 15 is 0 Å². The minimum absolute atomic E-state index is 0.280. The van der Waals surface area contributed by atoms with Gasteiger partial charge in [0.05, 0.1) is 12.5 Å². The molecule has 7 heteroatoms. The molecule has 0 spiro atoms. The first-order valence-electron chi connectivity index (χ1n) is 6.72. The first-order valence-corrected chi connectivity index (χ1v) is 7.80. The van der Waals surface area contributed by atoms with Crippen LogP contribution in [0.5, 0.6) is 0 Å². The molecule has 0 aliphatic carbocycles. The SMILES string of the molecule is CC(C)CC(Cn1nnnc1-c1ccc(I)cc1)C(=O)O. The van der Waals surface area contributed by atoms with Crippen molar-refractivity contribution < 1.29 is 9.90 Å². The summed E-state index contributed by atoms with van der Waals surface area (Å²) in [7, 11) is 0. The second-order valence-corrected chi connectivity index (χ2v) is 6.60. The fraction of sp³-hybridized carbons (Fsp3) is 0.429. The van der Waals surface area contributed by atoms with E-state index in [1.54, 1.807) is 4.68 Å². The Kier molecular flexibility index (Phi) is 5.27. The van der Waals surface area contributed by atoms with Crippen molar-refractivity contribution in [1.82, 2.24) is 20.2 Å². The summed E-state index contributed by atoms with van der Waals surface area (Å²) in [6.45, 7) is 4.30. The van der Waals surface area contributed by atoms with Gasteiger partial charge in [-0.2, -0.15) is 0 Å². The van der Waals surface area contributed by atoms with Gasteiger partial charge in [-0.1, -0.05) is 26.0 Å². The number of carboxylic acids is 1. The Balaban J connectivity index is 2.23. The lowest BCUT2D eigenvalue weighted by molar-refractivity contribution is -0.142. The normalized spacial score (nSPS) is 12.6. The predicted octanol–water partition coefficient (Wildman–Crippen LogP) is 2.69. The van der Waals surface area contributed by atoms with Crippen LogP contribution in [0.3, 0.4) is 0 Å². The molecule has 0 bridgehead atoms. The van der Waals surface area contributed by atoms with E-state index in [-0.39, 0.29) is 6.54 Å². The molecule has 0 saturated heterocycles. The first kappa shape index (κ1) is 15.9. The van der Waals surface area contributed by atoms with E-state index in [9.17, 15) is 9.90 Å². The van der Waals surface area contributed by atoms with Gasteiger partial charge in [-0.25, -0.2) is 4.68 Å². The molecule has 21 heavy (non-hydrogen) atoms. The van der Waals surface area contributed by atoms with E-state index < -0.39 is 11.9 Å². The number of rotatable bonds is 6. The van der Waals surface area contributed by atoms with E-state index in [2.05, 4.69) is 38.1 Å². The van der Waals surface area contributed by atoms with E-state index in [1.807, 2.05) is 38.1 Å². The Labute approximate surface area is 136 Å². The molecule has 1 N–H and O–H groups in total. The lowest BCUT2D eigenvalue weighted by atomic mass is 9.97. The smallest absolute Gasteiger partial charge is 0.308 e. The van der Waals surface area contributed by atoms with Crippen molar-refractivity contribution in [1.29, 1.82) is 0 Å². The maximum Gasteiger partial charge on any atom is 0.308 e. The zero-order valence-corrected chi connectivity index (χ0v) is 14.1. The summed E-state index contributed by atoms with van der Waals surface area (Å²) in [6.07, 6.45) is 0.599. The molecule has 2 aromatic rings. The van der Waals surface area contributed by atoms with Crippen LogP contribution in [-0.4, -0.2) is 31.3 Å². The number of nitrogens with zero attached hydrogens (tertiary/aromatic N) is 4. The molecule has 6 nitrogen and oxygen atoms in total. The third-order valence-corrected chi connectivity index (χ3v) is 3.85. The zero-order valence-electron chi connectivity index (χ0n) is 11.9. The number of hydrogen-bond donors (Lipinski definition) is 1. The maximum atomic E-state index is 11.4. The third kappa shape index (κ3) is 4.23. The van der Waals surface area contributed by atoms with Crippen LogP contribution in [0.2, 0.25) is 0 Å². The van der Waals surface area contributed by atoms with Gasteiger partial charge in [-0.3, -0.25) is 4.79 Å². The summed E-state index contributed by atoms with van der Waals surface area (Å²) < 4.78 is 2.70. The number of benzene rings is 1. The number of tetrazole rings is 1. The summed E-state index contributed by atoms with van der Waals surface area (Å²) in [4.78, 5) is 11.4. The fourth-order valence-corrected chi connectivity index (χ4v) is 2.52. The Bertz CT molecular complexity index is 610. The van der Waals surface area contributed by atoms with Crippen LogP contribution in [0.1, 0.15) is 20.3 Å².